The second kappa shape index (κ2) is 12.3. The Hall–Kier alpha value is -3.89. The number of hydrogen-bond donors (Lipinski definition) is 0. The quantitative estimate of drug-likeness (QED) is 0.193. The van der Waals surface area contributed by atoms with Crippen LogP contribution in [0.15, 0.2) is 91.3 Å². The zero-order valence-electron chi connectivity index (χ0n) is 23.5. The van der Waals surface area contributed by atoms with Gasteiger partial charge < -0.3 is 20.4 Å². The molecule has 7 heteroatoms. The van der Waals surface area contributed by atoms with E-state index in [4.69, 9.17) is 4.98 Å². The molecule has 2 aromatic carbocycles. The van der Waals surface area contributed by atoms with Crippen LogP contribution < -0.4 is 10.2 Å². The van der Waals surface area contributed by atoms with Crippen LogP contribution in [0.5, 0.6) is 0 Å². The average Bonchev–Trinajstić information content (AvgIpc) is 3.66. The molecule has 41 heavy (non-hydrogen) atoms. The minimum absolute atomic E-state index is 0. The summed E-state index contributed by atoms with van der Waals surface area (Å²) in [5.74, 6) is 0. The van der Waals surface area contributed by atoms with Crippen LogP contribution in [0.3, 0.4) is 0 Å². The smallest absolute Gasteiger partial charge is 0.573 e. The molecule has 6 aromatic rings. The van der Waals surface area contributed by atoms with Crippen molar-refractivity contribution in [3.8, 4) is 34.0 Å². The molecule has 0 saturated heterocycles. The number of hydrogen-bond acceptors (Lipinski definition) is 4. The van der Waals surface area contributed by atoms with Gasteiger partial charge in [-0.25, -0.2) is 0 Å². The van der Waals surface area contributed by atoms with Crippen molar-refractivity contribution in [2.24, 2.45) is 0 Å². The van der Waals surface area contributed by atoms with Gasteiger partial charge in [0.1, 0.15) is 0 Å². The van der Waals surface area contributed by atoms with Crippen molar-refractivity contribution < 1.29 is 21.1 Å². The standard InChI is InChI=1S/C25H19N5.C9H13N.Pt/c1-2-8-16(9-3-1)21-15-23(29-28-21)24-18-11-5-4-10-17(18)14-22(26-24)25-19-12-6-7-13-20(19)27-30-25;1-9(2,3)8-4-6-10-7-5-8;/h1-5,8-11,14-15H,6-7,12-13H2;4-7H,1-3H3;/q-2;;+2. The van der Waals surface area contributed by atoms with Crippen molar-refractivity contribution in [1.29, 1.82) is 0 Å². The van der Waals surface area contributed by atoms with Crippen molar-refractivity contribution in [2.45, 2.75) is 51.9 Å². The topological polar surface area (TPSA) is 79.8 Å². The van der Waals surface area contributed by atoms with Gasteiger partial charge in [-0.3, -0.25) is 9.97 Å². The zero-order chi connectivity index (χ0) is 27.5. The Morgan fingerprint density at radius 3 is 2.22 bits per heavy atom. The van der Waals surface area contributed by atoms with Gasteiger partial charge in [0.05, 0.1) is 11.4 Å². The molecule has 0 bridgehead atoms. The minimum atomic E-state index is 0. The Bertz CT molecular complexity index is 1730. The average molecular weight is 720 g/mol. The van der Waals surface area contributed by atoms with Crippen molar-refractivity contribution in [2.75, 3.05) is 0 Å². The van der Waals surface area contributed by atoms with Crippen LogP contribution in [-0.2, 0) is 39.3 Å². The van der Waals surface area contributed by atoms with Gasteiger partial charge in [0.2, 0.25) is 0 Å². The second-order valence-corrected chi connectivity index (χ2v) is 11.2. The molecule has 1 aliphatic rings. The fourth-order valence-corrected chi connectivity index (χ4v) is 5.16. The summed E-state index contributed by atoms with van der Waals surface area (Å²) >= 11 is 0. The monoisotopic (exact) mass is 719 g/mol. The van der Waals surface area contributed by atoms with Crippen LogP contribution in [-0.4, -0.2) is 20.2 Å². The van der Waals surface area contributed by atoms with Crippen molar-refractivity contribution >= 4 is 10.8 Å². The Kier molecular flexibility index (Phi) is 8.60. The van der Waals surface area contributed by atoms with E-state index in [0.717, 1.165) is 63.3 Å². The summed E-state index contributed by atoms with van der Waals surface area (Å²) in [5, 5.41) is 20.0. The Morgan fingerprint density at radius 1 is 0.732 bits per heavy atom. The summed E-state index contributed by atoms with van der Waals surface area (Å²) in [5.41, 5.74) is 9.28. The van der Waals surface area contributed by atoms with Crippen LogP contribution in [0.25, 0.3) is 44.8 Å². The minimum Gasteiger partial charge on any atom is -0.573 e. The second-order valence-electron chi connectivity index (χ2n) is 11.2. The fourth-order valence-electron chi connectivity index (χ4n) is 5.16. The molecule has 0 fully saturated rings. The zero-order valence-corrected chi connectivity index (χ0v) is 25.8. The van der Waals surface area contributed by atoms with E-state index in [1.54, 1.807) is 0 Å². The van der Waals surface area contributed by atoms with Crippen LogP contribution in [0.2, 0.25) is 0 Å². The third-order valence-electron chi connectivity index (χ3n) is 7.38. The van der Waals surface area contributed by atoms with E-state index in [2.05, 4.69) is 76.5 Å². The molecule has 0 radical (unpaired) electrons. The molecular formula is C34H32N6Pt. The molecule has 7 rings (SSSR count). The summed E-state index contributed by atoms with van der Waals surface area (Å²) in [7, 11) is 0. The number of nitrogens with zero attached hydrogens (tertiary/aromatic N) is 6. The van der Waals surface area contributed by atoms with E-state index < -0.39 is 0 Å². The van der Waals surface area contributed by atoms with Gasteiger partial charge in [-0.15, -0.1) is 0 Å². The van der Waals surface area contributed by atoms with Gasteiger partial charge in [0, 0.05) is 29.2 Å². The molecule has 0 spiro atoms. The number of benzene rings is 2. The van der Waals surface area contributed by atoms with E-state index >= 15 is 0 Å². The van der Waals surface area contributed by atoms with Gasteiger partial charge in [-0.2, -0.15) is 0 Å². The molecule has 0 atom stereocenters. The largest absolute Gasteiger partial charge is 2.00 e. The molecule has 208 valence electrons. The van der Waals surface area contributed by atoms with Crippen LogP contribution >= 0.6 is 0 Å². The fraction of sp³-hybridized carbons (Fsp3) is 0.235. The molecule has 0 N–H and O–H groups in total. The Balaban J connectivity index is 0.000000263. The maximum Gasteiger partial charge on any atom is 2.00 e. The predicted octanol–water partition coefficient (Wildman–Crippen LogP) is 7.20. The summed E-state index contributed by atoms with van der Waals surface area (Å²) < 4.78 is 0. The molecular weight excluding hydrogens is 687 g/mol. The van der Waals surface area contributed by atoms with Crippen LogP contribution in [0, 0.1) is 0 Å². The third kappa shape index (κ3) is 6.23. The predicted molar refractivity (Wildman–Crippen MR) is 160 cm³/mol. The summed E-state index contributed by atoms with van der Waals surface area (Å²) in [6.07, 6.45) is 8.07. The van der Waals surface area contributed by atoms with Crippen LogP contribution in [0.1, 0.15) is 50.4 Å². The summed E-state index contributed by atoms with van der Waals surface area (Å²) in [4.78, 5) is 8.98. The van der Waals surface area contributed by atoms with E-state index in [0.29, 0.717) is 0 Å². The molecule has 0 aliphatic heterocycles. The van der Waals surface area contributed by atoms with Crippen LogP contribution in [0.4, 0.5) is 0 Å². The first-order chi connectivity index (χ1) is 19.5. The van der Waals surface area contributed by atoms with Crippen molar-refractivity contribution in [1.82, 2.24) is 30.4 Å². The maximum absolute atomic E-state index is 5.02. The molecule has 4 heterocycles. The summed E-state index contributed by atoms with van der Waals surface area (Å²) in [6, 6.07) is 26.6. The van der Waals surface area contributed by atoms with Gasteiger partial charge in [-0.05, 0) is 77.4 Å². The Morgan fingerprint density at radius 2 is 1.46 bits per heavy atom. The van der Waals surface area contributed by atoms with Gasteiger partial charge in [0.25, 0.3) is 0 Å². The first-order valence-electron chi connectivity index (χ1n) is 13.9. The molecule has 1 aliphatic carbocycles. The van der Waals surface area contributed by atoms with Gasteiger partial charge in [0.15, 0.2) is 0 Å². The molecule has 0 unspecified atom stereocenters. The first-order valence-corrected chi connectivity index (χ1v) is 13.9. The third-order valence-corrected chi connectivity index (χ3v) is 7.38. The molecule has 0 saturated carbocycles. The number of rotatable bonds is 3. The normalized spacial score (nSPS) is 12.7. The van der Waals surface area contributed by atoms with E-state index in [1.807, 2.05) is 60.9 Å². The SMILES string of the molecule is CC(C)(C)c1ccncc1.[Pt+2].c1ccc(-c2cc(-c3nc(-c4[n-]nc5c4CCCC5)cc4ccccc34)[n-]n2)cc1. The Labute approximate surface area is 255 Å². The number of aryl methyl sites for hydroxylation is 1. The van der Waals surface area contributed by atoms with E-state index in [-0.39, 0.29) is 26.5 Å². The summed E-state index contributed by atoms with van der Waals surface area (Å²) in [6.45, 7) is 6.59. The maximum atomic E-state index is 5.02. The van der Waals surface area contributed by atoms with Gasteiger partial charge in [-0.1, -0.05) is 86.8 Å². The number of pyridine rings is 2. The van der Waals surface area contributed by atoms with E-state index in [1.165, 1.54) is 24.0 Å². The molecule has 6 nitrogen and oxygen atoms in total. The van der Waals surface area contributed by atoms with E-state index in [9.17, 15) is 0 Å². The van der Waals surface area contributed by atoms with Gasteiger partial charge >= 0.3 is 21.1 Å². The number of aromatic nitrogens is 6. The first kappa shape index (κ1) is 28.6. The molecule has 0 amide bonds. The van der Waals surface area contributed by atoms with Crippen molar-refractivity contribution in [3.63, 3.8) is 0 Å². The number of fused-ring (bicyclic) bond motifs is 2. The molecule has 4 aromatic heterocycles. The van der Waals surface area contributed by atoms with Crippen molar-refractivity contribution in [3.05, 3.63) is 108 Å².